The number of amides is 1. The standard InChI is InChI=1S/C16H26N4O2/c1-18-8-9-20(11-14(18)16-17-6-7-19(16)2)15(21)4-3-13-5-10-22-12-13/h6-7,13-14H,3-5,8-12H2,1-2H3/t13-,14+/m0/s1. The van der Waals surface area contributed by atoms with Gasteiger partial charge in [0.15, 0.2) is 0 Å². The van der Waals surface area contributed by atoms with Crippen LogP contribution in [0.3, 0.4) is 0 Å². The highest BCUT2D eigenvalue weighted by atomic mass is 16.5. The molecular weight excluding hydrogens is 280 g/mol. The number of carbonyl (C=O) groups excluding carboxylic acids is 1. The molecular formula is C16H26N4O2. The monoisotopic (exact) mass is 306 g/mol. The lowest BCUT2D eigenvalue weighted by Gasteiger charge is -2.39. The number of rotatable bonds is 4. The molecule has 1 amide bonds. The molecule has 0 aliphatic carbocycles. The summed E-state index contributed by atoms with van der Waals surface area (Å²) in [5.41, 5.74) is 0. The van der Waals surface area contributed by atoms with Crippen LogP contribution in [-0.4, -0.2) is 65.2 Å². The lowest BCUT2D eigenvalue weighted by atomic mass is 10.0. The minimum absolute atomic E-state index is 0.188. The van der Waals surface area contributed by atoms with Crippen molar-refractivity contribution < 1.29 is 9.53 Å². The number of piperazine rings is 1. The Morgan fingerprint density at radius 1 is 1.41 bits per heavy atom. The quantitative estimate of drug-likeness (QED) is 0.834. The number of aromatic nitrogens is 2. The molecule has 0 unspecified atom stereocenters. The number of likely N-dealkylation sites (N-methyl/N-ethyl adjacent to an activating group) is 1. The van der Waals surface area contributed by atoms with Gasteiger partial charge in [0.25, 0.3) is 0 Å². The molecule has 6 heteroatoms. The topological polar surface area (TPSA) is 50.6 Å². The van der Waals surface area contributed by atoms with Gasteiger partial charge in [-0.25, -0.2) is 4.98 Å². The maximum Gasteiger partial charge on any atom is 0.222 e. The van der Waals surface area contributed by atoms with E-state index in [-0.39, 0.29) is 11.9 Å². The van der Waals surface area contributed by atoms with Gasteiger partial charge in [0.05, 0.1) is 6.04 Å². The van der Waals surface area contributed by atoms with Crippen molar-refractivity contribution in [1.29, 1.82) is 0 Å². The van der Waals surface area contributed by atoms with Gasteiger partial charge in [0.2, 0.25) is 5.91 Å². The summed E-state index contributed by atoms with van der Waals surface area (Å²) < 4.78 is 7.43. The van der Waals surface area contributed by atoms with Gasteiger partial charge in [-0.3, -0.25) is 9.69 Å². The predicted octanol–water partition coefficient (Wildman–Crippen LogP) is 1.05. The molecule has 2 aliphatic heterocycles. The maximum absolute atomic E-state index is 12.5. The minimum atomic E-state index is 0.188. The average Bonchev–Trinajstić information content (AvgIpc) is 3.17. The van der Waals surface area contributed by atoms with Gasteiger partial charge in [0, 0.05) is 58.7 Å². The van der Waals surface area contributed by atoms with Crippen molar-refractivity contribution in [1.82, 2.24) is 19.4 Å². The van der Waals surface area contributed by atoms with Crippen LogP contribution in [-0.2, 0) is 16.6 Å². The van der Waals surface area contributed by atoms with Crippen LogP contribution < -0.4 is 0 Å². The normalized spacial score (nSPS) is 26.5. The third-order valence-corrected chi connectivity index (χ3v) is 4.95. The Bertz CT molecular complexity index is 510. The van der Waals surface area contributed by atoms with Crippen molar-refractivity contribution in [3.63, 3.8) is 0 Å². The second-order valence-electron chi connectivity index (χ2n) is 6.50. The van der Waals surface area contributed by atoms with Crippen LogP contribution in [0, 0.1) is 5.92 Å². The fourth-order valence-corrected chi connectivity index (χ4v) is 3.37. The van der Waals surface area contributed by atoms with Crippen LogP contribution in [0.25, 0.3) is 0 Å². The number of hydrogen-bond acceptors (Lipinski definition) is 4. The second-order valence-corrected chi connectivity index (χ2v) is 6.50. The zero-order chi connectivity index (χ0) is 15.5. The SMILES string of the molecule is CN1CCN(C(=O)CC[C@H]2CCOC2)C[C@@H]1c1nccn1C. The molecule has 2 fully saturated rings. The highest BCUT2D eigenvalue weighted by Crippen LogP contribution is 2.24. The molecule has 1 aromatic rings. The summed E-state index contributed by atoms with van der Waals surface area (Å²) in [7, 11) is 4.12. The van der Waals surface area contributed by atoms with Crippen molar-refractivity contribution in [2.75, 3.05) is 39.9 Å². The molecule has 0 radical (unpaired) electrons. The Balaban J connectivity index is 1.57. The van der Waals surface area contributed by atoms with Crippen LogP contribution in [0.15, 0.2) is 12.4 Å². The van der Waals surface area contributed by atoms with Gasteiger partial charge in [-0.15, -0.1) is 0 Å². The molecule has 2 aliphatic rings. The number of nitrogens with zero attached hydrogens (tertiary/aromatic N) is 4. The summed E-state index contributed by atoms with van der Waals surface area (Å²) in [6, 6.07) is 0.188. The van der Waals surface area contributed by atoms with E-state index in [0.717, 1.165) is 51.5 Å². The van der Waals surface area contributed by atoms with Crippen molar-refractivity contribution in [2.45, 2.75) is 25.3 Å². The van der Waals surface area contributed by atoms with Gasteiger partial charge in [-0.1, -0.05) is 0 Å². The van der Waals surface area contributed by atoms with Crippen molar-refractivity contribution in [3.8, 4) is 0 Å². The molecule has 0 spiro atoms. The molecule has 2 saturated heterocycles. The van der Waals surface area contributed by atoms with Crippen molar-refractivity contribution in [3.05, 3.63) is 18.2 Å². The molecule has 0 aromatic carbocycles. The molecule has 0 saturated carbocycles. The van der Waals surface area contributed by atoms with Crippen LogP contribution in [0.1, 0.15) is 31.1 Å². The van der Waals surface area contributed by atoms with Crippen molar-refractivity contribution in [2.24, 2.45) is 13.0 Å². The maximum atomic E-state index is 12.5. The first-order chi connectivity index (χ1) is 10.6. The molecule has 22 heavy (non-hydrogen) atoms. The molecule has 122 valence electrons. The lowest BCUT2D eigenvalue weighted by molar-refractivity contribution is -0.134. The minimum Gasteiger partial charge on any atom is -0.381 e. The zero-order valence-corrected chi connectivity index (χ0v) is 13.6. The third kappa shape index (κ3) is 3.33. The van der Waals surface area contributed by atoms with Gasteiger partial charge < -0.3 is 14.2 Å². The average molecular weight is 306 g/mol. The van der Waals surface area contributed by atoms with E-state index in [9.17, 15) is 4.79 Å². The smallest absolute Gasteiger partial charge is 0.222 e. The van der Waals surface area contributed by atoms with E-state index in [1.54, 1.807) is 0 Å². The van der Waals surface area contributed by atoms with E-state index >= 15 is 0 Å². The number of hydrogen-bond donors (Lipinski definition) is 0. The summed E-state index contributed by atoms with van der Waals surface area (Å²) in [4.78, 5) is 21.3. The first kappa shape index (κ1) is 15.5. The van der Waals surface area contributed by atoms with Gasteiger partial charge in [0.1, 0.15) is 5.82 Å². The summed E-state index contributed by atoms with van der Waals surface area (Å²) in [6.07, 6.45) is 6.49. The largest absolute Gasteiger partial charge is 0.381 e. The molecule has 0 N–H and O–H groups in total. The first-order valence-electron chi connectivity index (χ1n) is 8.18. The first-order valence-corrected chi connectivity index (χ1v) is 8.18. The summed E-state index contributed by atoms with van der Waals surface area (Å²) in [5, 5.41) is 0. The Morgan fingerprint density at radius 2 is 2.27 bits per heavy atom. The molecule has 0 bridgehead atoms. The molecule has 3 rings (SSSR count). The van der Waals surface area contributed by atoms with Crippen LogP contribution >= 0.6 is 0 Å². The molecule has 3 heterocycles. The van der Waals surface area contributed by atoms with E-state index < -0.39 is 0 Å². The second kappa shape index (κ2) is 6.79. The van der Waals surface area contributed by atoms with Crippen LogP contribution in [0.4, 0.5) is 0 Å². The highest BCUT2D eigenvalue weighted by Gasteiger charge is 2.30. The van der Waals surface area contributed by atoms with Crippen molar-refractivity contribution >= 4 is 5.91 Å². The Labute approximate surface area is 132 Å². The lowest BCUT2D eigenvalue weighted by Crippen LogP contribution is -2.49. The zero-order valence-electron chi connectivity index (χ0n) is 13.6. The Morgan fingerprint density at radius 3 is 2.95 bits per heavy atom. The highest BCUT2D eigenvalue weighted by molar-refractivity contribution is 5.76. The molecule has 1 aromatic heterocycles. The Hall–Kier alpha value is -1.40. The summed E-state index contributed by atoms with van der Waals surface area (Å²) in [5.74, 6) is 1.88. The van der Waals surface area contributed by atoms with E-state index in [1.807, 2.05) is 28.9 Å². The number of imidazole rings is 1. The van der Waals surface area contributed by atoms with E-state index in [2.05, 4.69) is 16.9 Å². The number of ether oxygens (including phenoxy) is 1. The van der Waals surface area contributed by atoms with Gasteiger partial charge in [-0.05, 0) is 25.8 Å². The molecule has 6 nitrogen and oxygen atoms in total. The van der Waals surface area contributed by atoms with E-state index in [0.29, 0.717) is 12.3 Å². The Kier molecular flexibility index (Phi) is 4.78. The van der Waals surface area contributed by atoms with Crippen LogP contribution in [0.5, 0.6) is 0 Å². The predicted molar refractivity (Wildman–Crippen MR) is 83.3 cm³/mol. The summed E-state index contributed by atoms with van der Waals surface area (Å²) in [6.45, 7) is 4.13. The number of aryl methyl sites for hydroxylation is 1. The van der Waals surface area contributed by atoms with E-state index in [1.165, 1.54) is 0 Å². The fourth-order valence-electron chi connectivity index (χ4n) is 3.37. The molecule has 2 atom stereocenters. The fraction of sp³-hybridized carbons (Fsp3) is 0.750. The third-order valence-electron chi connectivity index (χ3n) is 4.95. The van der Waals surface area contributed by atoms with Gasteiger partial charge in [-0.2, -0.15) is 0 Å². The number of carbonyl (C=O) groups is 1. The van der Waals surface area contributed by atoms with Gasteiger partial charge >= 0.3 is 0 Å². The summed E-state index contributed by atoms with van der Waals surface area (Å²) >= 11 is 0. The van der Waals surface area contributed by atoms with E-state index in [4.69, 9.17) is 4.74 Å². The van der Waals surface area contributed by atoms with Crippen LogP contribution in [0.2, 0.25) is 0 Å².